The van der Waals surface area contributed by atoms with Crippen molar-refractivity contribution in [1.29, 1.82) is 0 Å². The number of halogens is 2. The highest BCUT2D eigenvalue weighted by Gasteiger charge is 2.26. The van der Waals surface area contributed by atoms with E-state index in [0.717, 1.165) is 12.8 Å². The Kier molecular flexibility index (Phi) is 5.57. The molecule has 7 heteroatoms. The summed E-state index contributed by atoms with van der Waals surface area (Å²) in [5.74, 6) is -1.85. The van der Waals surface area contributed by atoms with Gasteiger partial charge >= 0.3 is 0 Å². The minimum absolute atomic E-state index is 0.0801. The summed E-state index contributed by atoms with van der Waals surface area (Å²) >= 11 is 11.7. The zero-order chi connectivity index (χ0) is 14.6. The maximum absolute atomic E-state index is 11.9. The fourth-order valence-corrected chi connectivity index (χ4v) is 2.09. The Bertz CT molecular complexity index is 462. The molecule has 5 nitrogen and oxygen atoms in total. The Labute approximate surface area is 121 Å². The van der Waals surface area contributed by atoms with Crippen LogP contribution in [0, 0.1) is 0 Å². The Morgan fingerprint density at radius 3 is 2.21 bits per heavy atom. The van der Waals surface area contributed by atoms with Gasteiger partial charge in [-0.2, -0.15) is 0 Å². The van der Waals surface area contributed by atoms with Gasteiger partial charge in [0, 0.05) is 6.54 Å². The van der Waals surface area contributed by atoms with Gasteiger partial charge < -0.3 is 20.3 Å². The molecule has 0 heterocycles. The number of carbonyl (C=O) groups is 1. The van der Waals surface area contributed by atoms with Crippen molar-refractivity contribution < 1.29 is 19.7 Å². The average Bonchev–Trinajstić information content (AvgIpc) is 2.38. The predicted molar refractivity (Wildman–Crippen MR) is 73.6 cm³/mol. The van der Waals surface area contributed by atoms with E-state index in [-0.39, 0.29) is 21.4 Å². The number of unbranched alkanes of at least 4 members (excludes halogenated alkanes) is 1. The first-order chi connectivity index (χ1) is 8.95. The smallest absolute Gasteiger partial charge is 0.258 e. The van der Waals surface area contributed by atoms with E-state index < -0.39 is 17.4 Å². The van der Waals surface area contributed by atoms with Crippen molar-refractivity contribution >= 4 is 29.1 Å². The molecule has 1 aromatic carbocycles. The Morgan fingerprint density at radius 1 is 1.26 bits per heavy atom. The molecule has 106 valence electrons. The van der Waals surface area contributed by atoms with Crippen molar-refractivity contribution in [3.63, 3.8) is 0 Å². The van der Waals surface area contributed by atoms with Gasteiger partial charge in [0.1, 0.15) is 15.6 Å². The van der Waals surface area contributed by atoms with E-state index in [9.17, 15) is 15.0 Å². The van der Waals surface area contributed by atoms with Gasteiger partial charge in [-0.3, -0.25) is 4.79 Å². The molecule has 0 aliphatic rings. The molecule has 0 fully saturated rings. The lowest BCUT2D eigenvalue weighted by Gasteiger charge is -2.14. The van der Waals surface area contributed by atoms with Crippen molar-refractivity contribution in [3.8, 4) is 17.2 Å². The van der Waals surface area contributed by atoms with Crippen molar-refractivity contribution in [1.82, 2.24) is 5.32 Å². The summed E-state index contributed by atoms with van der Waals surface area (Å²) in [6.45, 7) is 2.40. The number of carbonyl (C=O) groups excluding carboxylic acids is 1. The lowest BCUT2D eigenvalue weighted by atomic mass is 10.1. The summed E-state index contributed by atoms with van der Waals surface area (Å²) in [7, 11) is 1.28. The zero-order valence-electron chi connectivity index (χ0n) is 10.6. The van der Waals surface area contributed by atoms with E-state index in [4.69, 9.17) is 27.9 Å². The first-order valence-electron chi connectivity index (χ1n) is 5.70. The molecule has 19 heavy (non-hydrogen) atoms. The molecule has 1 rings (SSSR count). The molecular formula is C12H15Cl2NO4. The number of benzene rings is 1. The van der Waals surface area contributed by atoms with E-state index >= 15 is 0 Å². The second kappa shape index (κ2) is 6.73. The van der Waals surface area contributed by atoms with Crippen LogP contribution in [0.3, 0.4) is 0 Å². The standard InChI is InChI=1S/C12H15Cl2NO4/c1-3-4-5-15-12(18)6-9(16)7(13)11(19-2)8(14)10(6)17/h16-17H,3-5H2,1-2H3,(H,15,18). The lowest BCUT2D eigenvalue weighted by Crippen LogP contribution is -2.24. The third kappa shape index (κ3) is 3.16. The maximum atomic E-state index is 11.9. The van der Waals surface area contributed by atoms with Gasteiger partial charge in [-0.05, 0) is 6.42 Å². The molecular weight excluding hydrogens is 293 g/mol. The van der Waals surface area contributed by atoms with E-state index in [0.29, 0.717) is 6.54 Å². The minimum atomic E-state index is -0.644. The van der Waals surface area contributed by atoms with E-state index in [1.165, 1.54) is 7.11 Å². The summed E-state index contributed by atoms with van der Waals surface area (Å²) in [5, 5.41) is 21.8. The van der Waals surface area contributed by atoms with Gasteiger partial charge in [0.2, 0.25) is 0 Å². The first-order valence-corrected chi connectivity index (χ1v) is 6.46. The third-order valence-corrected chi connectivity index (χ3v) is 3.24. The van der Waals surface area contributed by atoms with Crippen molar-refractivity contribution in [2.45, 2.75) is 19.8 Å². The fraction of sp³-hybridized carbons (Fsp3) is 0.417. The topological polar surface area (TPSA) is 78.8 Å². The number of ether oxygens (including phenoxy) is 1. The second-order valence-corrected chi connectivity index (χ2v) is 4.60. The van der Waals surface area contributed by atoms with Crippen LogP contribution in [0.15, 0.2) is 0 Å². The predicted octanol–water partition coefficient (Wildman–Crippen LogP) is 2.94. The summed E-state index contributed by atoms with van der Waals surface area (Å²) in [6, 6.07) is 0. The van der Waals surface area contributed by atoms with Crippen LogP contribution in [0.2, 0.25) is 10.0 Å². The Morgan fingerprint density at radius 2 is 1.79 bits per heavy atom. The van der Waals surface area contributed by atoms with Gasteiger partial charge in [-0.1, -0.05) is 36.5 Å². The van der Waals surface area contributed by atoms with Gasteiger partial charge in [-0.25, -0.2) is 0 Å². The molecule has 3 N–H and O–H groups in total. The van der Waals surface area contributed by atoms with Gasteiger partial charge in [0.05, 0.1) is 7.11 Å². The van der Waals surface area contributed by atoms with Crippen molar-refractivity contribution in [3.05, 3.63) is 15.6 Å². The SMILES string of the molecule is CCCCNC(=O)c1c(O)c(Cl)c(OC)c(Cl)c1O. The first kappa shape index (κ1) is 15.7. The van der Waals surface area contributed by atoms with Crippen LogP contribution in [0.1, 0.15) is 30.1 Å². The number of hydrogen-bond donors (Lipinski definition) is 3. The monoisotopic (exact) mass is 307 g/mol. The Hall–Kier alpha value is -1.33. The van der Waals surface area contributed by atoms with E-state index in [1.807, 2.05) is 6.92 Å². The van der Waals surface area contributed by atoms with Crippen LogP contribution in [-0.4, -0.2) is 29.8 Å². The zero-order valence-corrected chi connectivity index (χ0v) is 12.1. The molecule has 1 aromatic rings. The number of amides is 1. The molecule has 0 saturated heterocycles. The van der Waals surface area contributed by atoms with E-state index in [1.54, 1.807) is 0 Å². The van der Waals surface area contributed by atoms with Crippen LogP contribution < -0.4 is 10.1 Å². The van der Waals surface area contributed by atoms with Gasteiger partial charge in [0.25, 0.3) is 5.91 Å². The molecule has 1 amide bonds. The maximum Gasteiger partial charge on any atom is 0.258 e. The number of rotatable bonds is 5. The van der Waals surface area contributed by atoms with Crippen LogP contribution in [-0.2, 0) is 0 Å². The lowest BCUT2D eigenvalue weighted by molar-refractivity contribution is 0.0947. The minimum Gasteiger partial charge on any atom is -0.505 e. The molecule has 0 bridgehead atoms. The highest BCUT2D eigenvalue weighted by atomic mass is 35.5. The highest BCUT2D eigenvalue weighted by Crippen LogP contribution is 2.48. The quantitative estimate of drug-likeness (QED) is 0.731. The van der Waals surface area contributed by atoms with Crippen molar-refractivity contribution in [2.24, 2.45) is 0 Å². The molecule has 0 unspecified atom stereocenters. The fourth-order valence-electron chi connectivity index (χ4n) is 1.50. The Balaban J connectivity index is 3.18. The molecule has 0 aromatic heterocycles. The largest absolute Gasteiger partial charge is 0.505 e. The van der Waals surface area contributed by atoms with E-state index in [2.05, 4.69) is 5.32 Å². The van der Waals surface area contributed by atoms with Gasteiger partial charge in [0.15, 0.2) is 17.2 Å². The second-order valence-electron chi connectivity index (χ2n) is 3.84. The van der Waals surface area contributed by atoms with Crippen molar-refractivity contribution in [2.75, 3.05) is 13.7 Å². The number of phenolic OH excluding ortho intramolecular Hbond substituents is 2. The molecule has 0 atom stereocenters. The number of hydrogen-bond acceptors (Lipinski definition) is 4. The van der Waals surface area contributed by atoms with Crippen LogP contribution in [0.4, 0.5) is 0 Å². The van der Waals surface area contributed by atoms with Crippen LogP contribution >= 0.6 is 23.2 Å². The summed E-state index contributed by atoms with van der Waals surface area (Å²) < 4.78 is 4.86. The van der Waals surface area contributed by atoms with Crippen LogP contribution in [0.25, 0.3) is 0 Å². The normalized spacial score (nSPS) is 10.3. The summed E-state index contributed by atoms with van der Waals surface area (Å²) in [5.41, 5.74) is -0.355. The molecule has 0 radical (unpaired) electrons. The molecule has 0 spiro atoms. The highest BCUT2D eigenvalue weighted by molar-refractivity contribution is 6.40. The molecule has 0 aliphatic carbocycles. The summed E-state index contributed by atoms with van der Waals surface area (Å²) in [6.07, 6.45) is 1.69. The number of aromatic hydroxyl groups is 2. The molecule has 0 saturated carbocycles. The third-order valence-electron chi connectivity index (χ3n) is 2.54. The molecule has 0 aliphatic heterocycles. The number of phenols is 2. The number of methoxy groups -OCH3 is 1. The summed E-state index contributed by atoms with van der Waals surface area (Å²) in [4.78, 5) is 11.9. The average molecular weight is 308 g/mol. The van der Waals surface area contributed by atoms with Gasteiger partial charge in [-0.15, -0.1) is 0 Å². The van der Waals surface area contributed by atoms with Crippen LogP contribution in [0.5, 0.6) is 17.2 Å². The number of nitrogens with one attached hydrogen (secondary N) is 1.